The van der Waals surface area contributed by atoms with E-state index in [9.17, 15) is 9.59 Å². The monoisotopic (exact) mass is 480 g/mol. The number of benzene rings is 3. The number of halogens is 2. The third-order valence-electron chi connectivity index (χ3n) is 5.28. The summed E-state index contributed by atoms with van der Waals surface area (Å²) in [5, 5.41) is 3.81. The maximum absolute atomic E-state index is 12.8. The molecule has 7 heteroatoms. The van der Waals surface area contributed by atoms with Crippen molar-refractivity contribution in [2.75, 3.05) is 16.8 Å². The van der Waals surface area contributed by atoms with Gasteiger partial charge < -0.3 is 15.0 Å². The van der Waals surface area contributed by atoms with Gasteiger partial charge in [0.2, 0.25) is 5.91 Å². The molecule has 0 fully saturated rings. The molecule has 0 radical (unpaired) electrons. The van der Waals surface area contributed by atoms with Crippen molar-refractivity contribution in [3.05, 3.63) is 94.0 Å². The van der Waals surface area contributed by atoms with E-state index in [1.165, 1.54) is 6.08 Å². The molecule has 0 bridgehead atoms. The number of carbonyl (C=O) groups is 2. The zero-order valence-electron chi connectivity index (χ0n) is 17.9. The van der Waals surface area contributed by atoms with Crippen LogP contribution in [0, 0.1) is 0 Å². The Morgan fingerprint density at radius 3 is 2.64 bits per heavy atom. The van der Waals surface area contributed by atoms with Crippen LogP contribution in [0.5, 0.6) is 5.75 Å². The van der Waals surface area contributed by atoms with Crippen LogP contribution in [0.25, 0.3) is 6.08 Å². The van der Waals surface area contributed by atoms with Crippen LogP contribution >= 0.6 is 23.2 Å². The van der Waals surface area contributed by atoms with Crippen molar-refractivity contribution in [1.82, 2.24) is 0 Å². The lowest BCUT2D eigenvalue weighted by molar-refractivity contribution is -0.125. The molecule has 1 N–H and O–H groups in total. The minimum Gasteiger partial charge on any atom is -0.479 e. The molecule has 4 rings (SSSR count). The molecule has 0 aliphatic carbocycles. The number of carbonyl (C=O) groups excluding carboxylic acids is 2. The highest BCUT2D eigenvalue weighted by atomic mass is 35.5. The molecule has 1 heterocycles. The fourth-order valence-electron chi connectivity index (χ4n) is 3.59. The maximum atomic E-state index is 12.8. The zero-order chi connectivity index (χ0) is 23.4. The lowest BCUT2D eigenvalue weighted by Crippen LogP contribution is -2.45. The Morgan fingerprint density at radius 1 is 1.09 bits per heavy atom. The van der Waals surface area contributed by atoms with Gasteiger partial charge in [0.05, 0.1) is 5.69 Å². The molecule has 1 aliphatic rings. The van der Waals surface area contributed by atoms with Crippen molar-refractivity contribution < 1.29 is 14.3 Å². The third kappa shape index (κ3) is 5.56. The van der Waals surface area contributed by atoms with Gasteiger partial charge in [-0.15, -0.1) is 0 Å². The van der Waals surface area contributed by atoms with Gasteiger partial charge in [-0.05, 0) is 60.9 Å². The number of fused-ring (bicyclic) bond motifs is 1. The highest BCUT2D eigenvalue weighted by molar-refractivity contribution is 6.35. The van der Waals surface area contributed by atoms with Gasteiger partial charge in [0.1, 0.15) is 5.75 Å². The molecule has 1 aliphatic heterocycles. The molecule has 2 amide bonds. The molecule has 0 saturated carbocycles. The largest absolute Gasteiger partial charge is 0.479 e. The van der Waals surface area contributed by atoms with Crippen molar-refractivity contribution in [3.63, 3.8) is 0 Å². The van der Waals surface area contributed by atoms with Crippen molar-refractivity contribution in [3.8, 4) is 5.75 Å². The van der Waals surface area contributed by atoms with Crippen LogP contribution in [-0.4, -0.2) is 24.5 Å². The molecule has 1 atom stereocenters. The van der Waals surface area contributed by atoms with Crippen LogP contribution in [0.2, 0.25) is 10.0 Å². The van der Waals surface area contributed by atoms with Crippen molar-refractivity contribution in [2.45, 2.75) is 19.4 Å². The molecule has 33 heavy (non-hydrogen) atoms. The number of rotatable bonds is 6. The molecule has 3 aromatic rings. The summed E-state index contributed by atoms with van der Waals surface area (Å²) < 4.78 is 5.77. The average molecular weight is 481 g/mol. The lowest BCUT2D eigenvalue weighted by atomic mass is 10.1. The summed E-state index contributed by atoms with van der Waals surface area (Å²) in [4.78, 5) is 27.0. The van der Waals surface area contributed by atoms with Gasteiger partial charge in [-0.1, -0.05) is 59.6 Å². The van der Waals surface area contributed by atoms with Crippen LogP contribution in [0.1, 0.15) is 18.1 Å². The van der Waals surface area contributed by atoms with Crippen LogP contribution in [0.4, 0.5) is 11.4 Å². The summed E-state index contributed by atoms with van der Waals surface area (Å²) in [6.45, 7) is 2.25. The fraction of sp³-hybridized carbons (Fsp3) is 0.154. The molecule has 1 unspecified atom stereocenters. The summed E-state index contributed by atoms with van der Waals surface area (Å²) in [5.74, 6) is 0.170. The Labute approximate surface area is 202 Å². The SMILES string of the molecule is CC1Oc2ccc(NC(=O)/C=C/c3ccc(Cl)cc3Cl)cc2N(CCc2ccccc2)C1=O. The molecule has 0 spiro atoms. The topological polar surface area (TPSA) is 58.6 Å². The van der Waals surface area contributed by atoms with E-state index >= 15 is 0 Å². The maximum Gasteiger partial charge on any atom is 0.267 e. The summed E-state index contributed by atoms with van der Waals surface area (Å²) in [5.41, 5.74) is 3.01. The second-order valence-electron chi connectivity index (χ2n) is 7.66. The minimum atomic E-state index is -0.569. The third-order valence-corrected chi connectivity index (χ3v) is 5.84. The smallest absolute Gasteiger partial charge is 0.267 e. The van der Waals surface area contributed by atoms with E-state index in [2.05, 4.69) is 5.32 Å². The van der Waals surface area contributed by atoms with Gasteiger partial charge >= 0.3 is 0 Å². The number of hydrogen-bond donors (Lipinski definition) is 1. The second-order valence-corrected chi connectivity index (χ2v) is 8.50. The van der Waals surface area contributed by atoms with Gasteiger partial charge in [0, 0.05) is 28.4 Å². The van der Waals surface area contributed by atoms with E-state index in [0.29, 0.717) is 45.7 Å². The van der Waals surface area contributed by atoms with E-state index in [0.717, 1.165) is 5.56 Å². The number of nitrogens with zero attached hydrogens (tertiary/aromatic N) is 1. The van der Waals surface area contributed by atoms with E-state index in [1.807, 2.05) is 30.3 Å². The second kappa shape index (κ2) is 10.1. The van der Waals surface area contributed by atoms with E-state index < -0.39 is 6.10 Å². The lowest BCUT2D eigenvalue weighted by Gasteiger charge is -2.33. The van der Waals surface area contributed by atoms with Gasteiger partial charge in [0.15, 0.2) is 6.10 Å². The Bertz CT molecular complexity index is 1210. The van der Waals surface area contributed by atoms with Crippen LogP contribution < -0.4 is 15.0 Å². The number of ether oxygens (including phenoxy) is 1. The first kappa shape index (κ1) is 22.9. The van der Waals surface area contributed by atoms with Gasteiger partial charge in [-0.3, -0.25) is 9.59 Å². The first-order chi connectivity index (χ1) is 15.9. The quantitative estimate of drug-likeness (QED) is 0.440. The van der Waals surface area contributed by atoms with E-state index in [1.54, 1.807) is 54.3 Å². The first-order valence-electron chi connectivity index (χ1n) is 10.5. The first-order valence-corrected chi connectivity index (χ1v) is 11.3. The number of amides is 2. The van der Waals surface area contributed by atoms with Gasteiger partial charge in [0.25, 0.3) is 5.91 Å². The minimum absolute atomic E-state index is 0.112. The van der Waals surface area contributed by atoms with Gasteiger partial charge in [-0.2, -0.15) is 0 Å². The summed E-state index contributed by atoms with van der Waals surface area (Å²) in [6, 6.07) is 20.3. The summed E-state index contributed by atoms with van der Waals surface area (Å²) >= 11 is 12.1. The Balaban J connectivity index is 1.50. The highest BCUT2D eigenvalue weighted by Gasteiger charge is 2.31. The number of hydrogen-bond acceptors (Lipinski definition) is 3. The van der Waals surface area contributed by atoms with Crippen molar-refractivity contribution in [1.29, 1.82) is 0 Å². The number of anilines is 2. The van der Waals surface area contributed by atoms with Crippen molar-refractivity contribution in [2.24, 2.45) is 0 Å². The van der Waals surface area contributed by atoms with Crippen molar-refractivity contribution >= 4 is 52.5 Å². The zero-order valence-corrected chi connectivity index (χ0v) is 19.4. The van der Waals surface area contributed by atoms with E-state index in [4.69, 9.17) is 27.9 Å². The average Bonchev–Trinajstić information content (AvgIpc) is 2.80. The highest BCUT2D eigenvalue weighted by Crippen LogP contribution is 2.36. The molecule has 0 aromatic heterocycles. The Morgan fingerprint density at radius 2 is 1.88 bits per heavy atom. The van der Waals surface area contributed by atoms with Crippen LogP contribution in [0.3, 0.4) is 0 Å². The predicted molar refractivity (Wildman–Crippen MR) is 133 cm³/mol. The molecular weight excluding hydrogens is 459 g/mol. The van der Waals surface area contributed by atoms with Crippen LogP contribution in [-0.2, 0) is 16.0 Å². The standard InChI is InChI=1S/C26H22Cl2N2O3/c1-17-26(32)30(14-13-18-5-3-2-4-6-18)23-16-21(10-11-24(23)33-17)29-25(31)12-8-19-7-9-20(27)15-22(19)28/h2-12,15-17H,13-14H2,1H3,(H,29,31)/b12-8+. The number of nitrogens with one attached hydrogen (secondary N) is 1. The molecule has 5 nitrogen and oxygen atoms in total. The normalized spacial score (nSPS) is 15.3. The van der Waals surface area contributed by atoms with E-state index in [-0.39, 0.29) is 11.8 Å². The predicted octanol–water partition coefficient (Wildman–Crippen LogP) is 6.00. The molecule has 168 valence electrons. The summed E-state index contributed by atoms with van der Waals surface area (Å²) in [7, 11) is 0. The van der Waals surface area contributed by atoms with Crippen LogP contribution in [0.15, 0.2) is 72.8 Å². The van der Waals surface area contributed by atoms with Gasteiger partial charge in [-0.25, -0.2) is 0 Å². The fourth-order valence-corrected chi connectivity index (χ4v) is 4.06. The summed E-state index contributed by atoms with van der Waals surface area (Å²) in [6.07, 6.45) is 3.15. The molecular formula is C26H22Cl2N2O3. The Kier molecular flexibility index (Phi) is 7.02. The molecule has 0 saturated heterocycles. The Hall–Kier alpha value is -3.28. The molecule has 3 aromatic carbocycles.